The molecule has 3 rings (SSSR count). The van der Waals surface area contributed by atoms with E-state index in [1.165, 1.54) is 15.6 Å². The lowest BCUT2D eigenvalue weighted by atomic mass is 9.98. The molecule has 162 valence electrons. The first-order valence-corrected chi connectivity index (χ1v) is 12.1. The number of nitrogens with one attached hydrogen (secondary N) is 1. The molecule has 1 aliphatic heterocycles. The Labute approximate surface area is 185 Å². The van der Waals surface area contributed by atoms with Crippen molar-refractivity contribution in [3.8, 4) is 0 Å². The number of anilines is 1. The highest BCUT2D eigenvalue weighted by Gasteiger charge is 2.33. The third kappa shape index (κ3) is 5.21. The summed E-state index contributed by atoms with van der Waals surface area (Å²) in [6.07, 6.45) is 0.710. The fourth-order valence-corrected chi connectivity index (χ4v) is 6.36. The molecule has 1 aromatic heterocycles. The molecule has 7 nitrogen and oxygen atoms in total. The largest absolute Gasteiger partial charge is 0.455 e. The average molecular weight is 471 g/mol. The van der Waals surface area contributed by atoms with E-state index in [9.17, 15) is 18.0 Å². The van der Waals surface area contributed by atoms with Gasteiger partial charge in [0.1, 0.15) is 4.21 Å². The zero-order valence-corrected chi connectivity index (χ0v) is 19.1. The Morgan fingerprint density at radius 1 is 1.27 bits per heavy atom. The number of carbonyl (C=O) groups excluding carboxylic acids is 2. The Balaban J connectivity index is 1.49. The minimum Gasteiger partial charge on any atom is -0.455 e. The van der Waals surface area contributed by atoms with Gasteiger partial charge in [-0.05, 0) is 55.3 Å². The van der Waals surface area contributed by atoms with Crippen LogP contribution in [0.4, 0.5) is 5.69 Å². The van der Waals surface area contributed by atoms with Crippen LogP contribution in [0.1, 0.15) is 24.0 Å². The van der Waals surface area contributed by atoms with Crippen LogP contribution in [0, 0.1) is 19.8 Å². The van der Waals surface area contributed by atoms with Crippen molar-refractivity contribution in [2.24, 2.45) is 5.92 Å². The Kier molecular flexibility index (Phi) is 7.18. The van der Waals surface area contributed by atoms with Crippen molar-refractivity contribution in [1.82, 2.24) is 4.31 Å². The van der Waals surface area contributed by atoms with E-state index in [0.29, 0.717) is 27.8 Å². The van der Waals surface area contributed by atoms with Crippen LogP contribution in [-0.2, 0) is 24.3 Å². The highest BCUT2D eigenvalue weighted by molar-refractivity contribution is 7.91. The van der Waals surface area contributed by atoms with Crippen LogP contribution < -0.4 is 5.32 Å². The van der Waals surface area contributed by atoms with Crippen molar-refractivity contribution >= 4 is 50.5 Å². The first-order valence-electron chi connectivity index (χ1n) is 9.45. The second-order valence-corrected chi connectivity index (χ2v) is 10.7. The smallest absolute Gasteiger partial charge is 0.309 e. The summed E-state index contributed by atoms with van der Waals surface area (Å²) in [5.74, 6) is -1.41. The summed E-state index contributed by atoms with van der Waals surface area (Å²) in [4.78, 5) is 24.5. The van der Waals surface area contributed by atoms with Gasteiger partial charge >= 0.3 is 5.97 Å². The summed E-state index contributed by atoms with van der Waals surface area (Å²) < 4.78 is 31.9. The Morgan fingerprint density at radius 3 is 2.57 bits per heavy atom. The molecule has 1 aliphatic rings. The van der Waals surface area contributed by atoms with E-state index in [1.807, 2.05) is 19.9 Å². The van der Waals surface area contributed by atoms with E-state index in [4.69, 9.17) is 16.3 Å². The summed E-state index contributed by atoms with van der Waals surface area (Å²) in [6.45, 7) is 3.80. The number of carbonyl (C=O) groups is 2. The number of benzene rings is 1. The maximum Gasteiger partial charge on any atom is 0.309 e. The first kappa shape index (κ1) is 22.7. The minimum absolute atomic E-state index is 0.240. The number of amides is 1. The van der Waals surface area contributed by atoms with Gasteiger partial charge in [-0.2, -0.15) is 4.31 Å². The van der Waals surface area contributed by atoms with Gasteiger partial charge in [0, 0.05) is 13.1 Å². The van der Waals surface area contributed by atoms with E-state index in [1.54, 1.807) is 23.6 Å². The summed E-state index contributed by atoms with van der Waals surface area (Å²) in [5.41, 5.74) is 2.30. The summed E-state index contributed by atoms with van der Waals surface area (Å²) in [6, 6.07) is 6.90. The molecule has 0 aliphatic carbocycles. The second-order valence-electron chi connectivity index (χ2n) is 7.20. The number of esters is 1. The number of hydrogen-bond acceptors (Lipinski definition) is 6. The van der Waals surface area contributed by atoms with Gasteiger partial charge in [0.05, 0.1) is 16.6 Å². The van der Waals surface area contributed by atoms with Gasteiger partial charge in [0.2, 0.25) is 0 Å². The molecule has 0 saturated carbocycles. The molecule has 0 bridgehead atoms. The molecule has 0 unspecified atom stereocenters. The van der Waals surface area contributed by atoms with E-state index in [-0.39, 0.29) is 13.1 Å². The van der Waals surface area contributed by atoms with Gasteiger partial charge < -0.3 is 10.1 Å². The van der Waals surface area contributed by atoms with Crippen LogP contribution in [0.3, 0.4) is 0 Å². The molecule has 2 aromatic rings. The molecule has 0 spiro atoms. The molecular formula is C20H23ClN2O5S2. The lowest BCUT2D eigenvalue weighted by Crippen LogP contribution is -2.40. The first-order chi connectivity index (χ1) is 14.2. The molecule has 1 fully saturated rings. The second kappa shape index (κ2) is 9.47. The molecule has 1 N–H and O–H groups in total. The van der Waals surface area contributed by atoms with Crippen molar-refractivity contribution < 1.29 is 22.7 Å². The zero-order chi connectivity index (χ0) is 21.9. The molecule has 2 heterocycles. The summed E-state index contributed by atoms with van der Waals surface area (Å²) in [5, 5.41) is 4.81. The van der Waals surface area contributed by atoms with Crippen LogP contribution in [0.15, 0.2) is 33.9 Å². The number of nitrogens with zero attached hydrogens (tertiary/aromatic N) is 1. The van der Waals surface area contributed by atoms with Crippen LogP contribution in [0.2, 0.25) is 5.02 Å². The quantitative estimate of drug-likeness (QED) is 0.651. The molecule has 0 atom stereocenters. The third-order valence-electron chi connectivity index (χ3n) is 4.92. The highest BCUT2D eigenvalue weighted by atomic mass is 35.5. The van der Waals surface area contributed by atoms with Crippen molar-refractivity contribution in [3.63, 3.8) is 0 Å². The van der Waals surface area contributed by atoms with E-state index < -0.39 is 34.4 Å². The number of sulfonamides is 1. The van der Waals surface area contributed by atoms with Crippen LogP contribution in [0.5, 0.6) is 0 Å². The highest BCUT2D eigenvalue weighted by Crippen LogP contribution is 2.28. The Bertz CT molecular complexity index is 1010. The maximum atomic E-state index is 12.5. The Hall–Kier alpha value is -1.94. The topological polar surface area (TPSA) is 92.8 Å². The van der Waals surface area contributed by atoms with E-state index in [2.05, 4.69) is 5.32 Å². The van der Waals surface area contributed by atoms with Gasteiger partial charge in [-0.25, -0.2) is 8.42 Å². The fourth-order valence-electron chi connectivity index (χ4n) is 3.37. The lowest BCUT2D eigenvalue weighted by Gasteiger charge is -2.29. The van der Waals surface area contributed by atoms with Gasteiger partial charge in [-0.15, -0.1) is 11.3 Å². The molecule has 0 radical (unpaired) electrons. The average Bonchev–Trinajstić information content (AvgIpc) is 3.25. The molecule has 1 amide bonds. The van der Waals surface area contributed by atoms with Crippen molar-refractivity contribution in [3.05, 3.63) is 45.8 Å². The van der Waals surface area contributed by atoms with Gasteiger partial charge in [-0.3, -0.25) is 9.59 Å². The molecule has 1 saturated heterocycles. The van der Waals surface area contributed by atoms with Crippen LogP contribution in [0.25, 0.3) is 0 Å². The number of rotatable bonds is 6. The maximum absolute atomic E-state index is 12.5. The predicted molar refractivity (Wildman–Crippen MR) is 116 cm³/mol. The fraction of sp³-hybridized carbons (Fsp3) is 0.400. The predicted octanol–water partition coefficient (Wildman–Crippen LogP) is 3.60. The van der Waals surface area contributed by atoms with Crippen molar-refractivity contribution in [2.45, 2.75) is 30.9 Å². The van der Waals surface area contributed by atoms with E-state index >= 15 is 0 Å². The third-order valence-corrected chi connectivity index (χ3v) is 8.49. The van der Waals surface area contributed by atoms with E-state index in [0.717, 1.165) is 11.1 Å². The van der Waals surface area contributed by atoms with Crippen LogP contribution >= 0.6 is 22.9 Å². The van der Waals surface area contributed by atoms with Gasteiger partial charge in [-0.1, -0.05) is 23.7 Å². The summed E-state index contributed by atoms with van der Waals surface area (Å²) >= 11 is 7.35. The molecular weight excluding hydrogens is 448 g/mol. The molecule has 10 heteroatoms. The van der Waals surface area contributed by atoms with Crippen molar-refractivity contribution in [2.75, 3.05) is 25.0 Å². The lowest BCUT2D eigenvalue weighted by molar-refractivity contribution is -0.152. The van der Waals surface area contributed by atoms with Gasteiger partial charge in [0.25, 0.3) is 15.9 Å². The Morgan fingerprint density at radius 2 is 1.97 bits per heavy atom. The molecule has 1 aromatic carbocycles. The monoisotopic (exact) mass is 470 g/mol. The standard InChI is InChI=1S/C20H23ClN2O5S2/c1-13-10-14(2)19(16(21)11-13)22-17(24)12-28-20(25)15-5-7-23(8-6-15)30(26,27)18-4-3-9-29-18/h3-4,9-11,15H,5-8,12H2,1-2H3,(H,22,24). The van der Waals surface area contributed by atoms with Gasteiger partial charge in [0.15, 0.2) is 6.61 Å². The summed E-state index contributed by atoms with van der Waals surface area (Å²) in [7, 11) is -3.52. The van der Waals surface area contributed by atoms with Crippen LogP contribution in [-0.4, -0.2) is 44.3 Å². The number of halogens is 1. The van der Waals surface area contributed by atoms with Crippen molar-refractivity contribution in [1.29, 1.82) is 0 Å². The number of thiophene rings is 1. The number of hydrogen-bond donors (Lipinski definition) is 1. The number of aryl methyl sites for hydroxylation is 2. The number of piperidine rings is 1. The normalized spacial score (nSPS) is 15.7. The number of ether oxygens (including phenoxy) is 1. The SMILES string of the molecule is Cc1cc(C)c(NC(=O)COC(=O)C2CCN(S(=O)(=O)c3cccs3)CC2)c(Cl)c1. The zero-order valence-electron chi connectivity index (χ0n) is 16.7. The molecule has 30 heavy (non-hydrogen) atoms. The minimum atomic E-state index is -3.52.